The lowest BCUT2D eigenvalue weighted by Crippen LogP contribution is -2.15. The number of benzene rings is 2. The Kier molecular flexibility index (Phi) is 5.12. The van der Waals surface area contributed by atoms with Gasteiger partial charge < -0.3 is 5.73 Å². The Morgan fingerprint density at radius 1 is 1.16 bits per heavy atom. The fourth-order valence-corrected chi connectivity index (χ4v) is 3.07. The molecule has 0 aliphatic carbocycles. The highest BCUT2D eigenvalue weighted by Gasteiger charge is 2.12. The molecule has 0 spiro atoms. The van der Waals surface area contributed by atoms with Crippen molar-refractivity contribution < 1.29 is 0 Å². The van der Waals surface area contributed by atoms with Crippen LogP contribution in [-0.2, 0) is 6.42 Å². The fourth-order valence-electron chi connectivity index (χ4n) is 1.99. The molecule has 1 unspecified atom stereocenters. The average Bonchev–Trinajstić information content (AvgIpc) is 2.37. The van der Waals surface area contributed by atoms with Crippen molar-refractivity contribution in [3.8, 4) is 0 Å². The van der Waals surface area contributed by atoms with E-state index >= 15 is 0 Å². The van der Waals surface area contributed by atoms with Crippen LogP contribution in [0.4, 0.5) is 0 Å². The van der Waals surface area contributed by atoms with Gasteiger partial charge >= 0.3 is 0 Å². The van der Waals surface area contributed by atoms with Gasteiger partial charge in [-0.05, 0) is 64.8 Å². The van der Waals surface area contributed by atoms with Crippen LogP contribution in [-0.4, -0.2) is 0 Å². The number of rotatable bonds is 3. The molecule has 0 aliphatic heterocycles. The number of nitrogens with two attached hydrogens (primary N) is 1. The number of halogens is 3. The van der Waals surface area contributed by atoms with Crippen molar-refractivity contribution in [2.75, 3.05) is 0 Å². The Labute approximate surface area is 137 Å². The first-order chi connectivity index (χ1) is 8.99. The van der Waals surface area contributed by atoms with Crippen molar-refractivity contribution in [3.05, 3.63) is 66.7 Å². The van der Waals surface area contributed by atoms with Gasteiger partial charge in [0.25, 0.3) is 0 Å². The van der Waals surface area contributed by atoms with E-state index in [0.717, 1.165) is 12.0 Å². The SMILES string of the molecule is Cc1cccc(C(N)Cc2ccc(Cl)c(Cl)c2)c1I. The van der Waals surface area contributed by atoms with Gasteiger partial charge in [-0.25, -0.2) is 0 Å². The Morgan fingerprint density at radius 3 is 2.58 bits per heavy atom. The Hall–Kier alpha value is -0.290. The van der Waals surface area contributed by atoms with Gasteiger partial charge in [-0.3, -0.25) is 0 Å². The van der Waals surface area contributed by atoms with Gasteiger partial charge in [-0.1, -0.05) is 47.5 Å². The summed E-state index contributed by atoms with van der Waals surface area (Å²) in [6.07, 6.45) is 0.746. The predicted octanol–water partition coefficient (Wildman–Crippen LogP) is 5.15. The first-order valence-electron chi connectivity index (χ1n) is 5.93. The van der Waals surface area contributed by atoms with E-state index in [2.05, 4.69) is 41.6 Å². The fraction of sp³-hybridized carbons (Fsp3) is 0.200. The first-order valence-corrected chi connectivity index (χ1v) is 7.77. The first kappa shape index (κ1) is 15.1. The smallest absolute Gasteiger partial charge is 0.0595 e. The van der Waals surface area contributed by atoms with Crippen molar-refractivity contribution >= 4 is 45.8 Å². The van der Waals surface area contributed by atoms with E-state index in [1.165, 1.54) is 14.7 Å². The van der Waals surface area contributed by atoms with Gasteiger partial charge in [0, 0.05) is 9.61 Å². The molecule has 0 fully saturated rings. The minimum absolute atomic E-state index is 0.0379. The minimum Gasteiger partial charge on any atom is -0.324 e. The monoisotopic (exact) mass is 405 g/mol. The third kappa shape index (κ3) is 3.63. The van der Waals surface area contributed by atoms with Crippen LogP contribution in [0.1, 0.15) is 22.7 Å². The molecule has 0 saturated carbocycles. The quantitative estimate of drug-likeness (QED) is 0.702. The molecule has 100 valence electrons. The molecular weight excluding hydrogens is 392 g/mol. The Bertz CT molecular complexity index is 599. The standard InChI is InChI=1S/C15H14Cl2IN/c1-9-3-2-4-11(15(9)18)14(19)8-10-5-6-12(16)13(17)7-10/h2-7,14H,8,19H2,1H3. The van der Waals surface area contributed by atoms with Crippen LogP contribution >= 0.6 is 45.8 Å². The van der Waals surface area contributed by atoms with Gasteiger partial charge in [-0.2, -0.15) is 0 Å². The van der Waals surface area contributed by atoms with E-state index in [4.69, 9.17) is 28.9 Å². The zero-order chi connectivity index (χ0) is 14.0. The topological polar surface area (TPSA) is 26.0 Å². The Balaban J connectivity index is 2.23. The lowest BCUT2D eigenvalue weighted by Gasteiger charge is -2.15. The molecule has 19 heavy (non-hydrogen) atoms. The Morgan fingerprint density at radius 2 is 1.89 bits per heavy atom. The molecule has 4 heteroatoms. The van der Waals surface area contributed by atoms with Gasteiger partial charge in [-0.15, -0.1) is 0 Å². The minimum atomic E-state index is -0.0379. The third-order valence-electron chi connectivity index (χ3n) is 3.06. The summed E-state index contributed by atoms with van der Waals surface area (Å²) < 4.78 is 1.23. The van der Waals surface area contributed by atoms with E-state index in [-0.39, 0.29) is 6.04 Å². The second-order valence-electron chi connectivity index (χ2n) is 4.54. The molecule has 2 rings (SSSR count). The molecule has 2 N–H and O–H groups in total. The predicted molar refractivity (Wildman–Crippen MR) is 91.0 cm³/mol. The van der Waals surface area contributed by atoms with Gasteiger partial charge in [0.2, 0.25) is 0 Å². The van der Waals surface area contributed by atoms with Crippen molar-refractivity contribution in [2.45, 2.75) is 19.4 Å². The highest BCUT2D eigenvalue weighted by Crippen LogP contribution is 2.27. The van der Waals surface area contributed by atoms with Crippen molar-refractivity contribution in [2.24, 2.45) is 5.73 Å². The van der Waals surface area contributed by atoms with Crippen LogP contribution in [0.3, 0.4) is 0 Å². The van der Waals surface area contributed by atoms with E-state index in [9.17, 15) is 0 Å². The molecular formula is C15H14Cl2IN. The zero-order valence-electron chi connectivity index (χ0n) is 10.5. The van der Waals surface area contributed by atoms with Crippen LogP contribution in [0.15, 0.2) is 36.4 Å². The zero-order valence-corrected chi connectivity index (χ0v) is 14.1. The molecule has 2 aromatic rings. The number of hydrogen-bond acceptors (Lipinski definition) is 1. The molecule has 0 radical (unpaired) electrons. The van der Waals surface area contributed by atoms with Gasteiger partial charge in [0.1, 0.15) is 0 Å². The van der Waals surface area contributed by atoms with E-state index in [1.54, 1.807) is 0 Å². The largest absolute Gasteiger partial charge is 0.324 e. The number of hydrogen-bond donors (Lipinski definition) is 1. The molecule has 0 aliphatic rings. The second-order valence-corrected chi connectivity index (χ2v) is 6.43. The molecule has 1 atom stereocenters. The highest BCUT2D eigenvalue weighted by molar-refractivity contribution is 14.1. The van der Waals surface area contributed by atoms with Crippen molar-refractivity contribution in [1.29, 1.82) is 0 Å². The summed E-state index contributed by atoms with van der Waals surface area (Å²) in [4.78, 5) is 0. The molecule has 0 heterocycles. The molecule has 1 nitrogen and oxygen atoms in total. The molecule has 0 aromatic heterocycles. The summed E-state index contributed by atoms with van der Waals surface area (Å²) in [5.74, 6) is 0. The number of aryl methyl sites for hydroxylation is 1. The lowest BCUT2D eigenvalue weighted by atomic mass is 9.98. The van der Waals surface area contributed by atoms with Crippen molar-refractivity contribution in [3.63, 3.8) is 0 Å². The van der Waals surface area contributed by atoms with Crippen LogP contribution < -0.4 is 5.73 Å². The van der Waals surface area contributed by atoms with Gasteiger partial charge in [0.05, 0.1) is 10.0 Å². The third-order valence-corrected chi connectivity index (χ3v) is 5.27. The van der Waals surface area contributed by atoms with Crippen LogP contribution in [0.2, 0.25) is 10.0 Å². The van der Waals surface area contributed by atoms with E-state index < -0.39 is 0 Å². The van der Waals surface area contributed by atoms with Crippen molar-refractivity contribution in [1.82, 2.24) is 0 Å². The summed E-state index contributed by atoms with van der Waals surface area (Å²) in [6.45, 7) is 2.09. The highest BCUT2D eigenvalue weighted by atomic mass is 127. The summed E-state index contributed by atoms with van der Waals surface area (Å²) >= 11 is 14.3. The van der Waals surface area contributed by atoms with Gasteiger partial charge in [0.15, 0.2) is 0 Å². The second kappa shape index (κ2) is 6.44. The summed E-state index contributed by atoms with van der Waals surface area (Å²) in [5, 5.41) is 1.15. The maximum Gasteiger partial charge on any atom is 0.0595 e. The van der Waals surface area contributed by atoms with E-state index in [1.807, 2.05) is 24.3 Å². The summed E-state index contributed by atoms with van der Waals surface area (Å²) in [7, 11) is 0. The lowest BCUT2D eigenvalue weighted by molar-refractivity contribution is 0.717. The molecule has 0 saturated heterocycles. The maximum atomic E-state index is 6.30. The maximum absolute atomic E-state index is 6.30. The molecule has 0 amide bonds. The molecule has 0 bridgehead atoms. The van der Waals surface area contributed by atoms with E-state index in [0.29, 0.717) is 10.0 Å². The van der Waals surface area contributed by atoms with Crippen LogP contribution in [0.25, 0.3) is 0 Å². The normalized spacial score (nSPS) is 12.5. The molecule has 2 aromatic carbocycles. The van der Waals surface area contributed by atoms with Crippen LogP contribution in [0, 0.1) is 10.5 Å². The summed E-state index contributed by atoms with van der Waals surface area (Å²) in [5.41, 5.74) is 9.83. The van der Waals surface area contributed by atoms with Crippen LogP contribution in [0.5, 0.6) is 0 Å². The average molecular weight is 406 g/mol. The summed E-state index contributed by atoms with van der Waals surface area (Å²) in [6, 6.07) is 11.8.